The van der Waals surface area contributed by atoms with E-state index in [1.165, 1.54) is 0 Å². The van der Waals surface area contributed by atoms with Crippen LogP contribution in [0.5, 0.6) is 0 Å². The summed E-state index contributed by atoms with van der Waals surface area (Å²) in [6.07, 6.45) is 5.57. The van der Waals surface area contributed by atoms with E-state index in [0.29, 0.717) is 25.4 Å². The van der Waals surface area contributed by atoms with Gasteiger partial charge in [-0.1, -0.05) is 6.07 Å². The average molecular weight is 370 g/mol. The van der Waals surface area contributed by atoms with Crippen molar-refractivity contribution in [2.45, 2.75) is 26.4 Å². The summed E-state index contributed by atoms with van der Waals surface area (Å²) in [6, 6.07) is 3.78. The summed E-state index contributed by atoms with van der Waals surface area (Å²) in [5.41, 5.74) is 0.694. The summed E-state index contributed by atoms with van der Waals surface area (Å²) < 4.78 is 2.05. The molecule has 0 bridgehead atoms. The van der Waals surface area contributed by atoms with Crippen LogP contribution in [0.2, 0.25) is 0 Å². The minimum Gasteiger partial charge on any atom is -0.396 e. The van der Waals surface area contributed by atoms with Crippen molar-refractivity contribution >= 4 is 5.91 Å². The molecule has 8 nitrogen and oxygen atoms in total. The second kappa shape index (κ2) is 7.36. The number of carbonyl (C=O) groups excluding carboxylic acids is 1. The maximum absolute atomic E-state index is 12.7. The first kappa shape index (κ1) is 18.1. The van der Waals surface area contributed by atoms with Crippen LogP contribution >= 0.6 is 0 Å². The molecule has 0 aromatic carbocycles. The van der Waals surface area contributed by atoms with Crippen molar-refractivity contribution in [1.82, 2.24) is 29.5 Å². The molecule has 1 N–H and O–H groups in total. The van der Waals surface area contributed by atoms with Gasteiger partial charge in [0.15, 0.2) is 0 Å². The lowest BCUT2D eigenvalue weighted by Crippen LogP contribution is -2.39. The number of aliphatic hydroxyl groups excluding tert-OH is 1. The molecular weight excluding hydrogens is 344 g/mol. The third-order valence-corrected chi connectivity index (χ3v) is 5.98. The maximum Gasteiger partial charge on any atom is 0.227 e. The zero-order valence-electron chi connectivity index (χ0n) is 15.7. The highest BCUT2D eigenvalue weighted by Gasteiger charge is 2.53. The average Bonchev–Trinajstić information content (AvgIpc) is 3.35. The van der Waals surface area contributed by atoms with Gasteiger partial charge in [0.2, 0.25) is 5.91 Å². The Labute approximate surface area is 158 Å². The van der Waals surface area contributed by atoms with Crippen molar-refractivity contribution in [3.05, 3.63) is 42.2 Å². The van der Waals surface area contributed by atoms with Crippen LogP contribution in [0.15, 0.2) is 30.9 Å². The third kappa shape index (κ3) is 3.46. The van der Waals surface area contributed by atoms with Gasteiger partial charge in [0, 0.05) is 50.5 Å². The molecule has 0 spiro atoms. The van der Waals surface area contributed by atoms with Crippen LogP contribution in [0.25, 0.3) is 0 Å². The molecule has 27 heavy (non-hydrogen) atoms. The Morgan fingerprint density at radius 3 is 2.96 bits per heavy atom. The molecule has 4 heterocycles. The van der Waals surface area contributed by atoms with Crippen molar-refractivity contribution < 1.29 is 9.90 Å². The molecule has 2 fully saturated rings. The van der Waals surface area contributed by atoms with Gasteiger partial charge in [0.25, 0.3) is 0 Å². The van der Waals surface area contributed by atoms with Gasteiger partial charge in [0.1, 0.15) is 12.2 Å². The molecule has 0 saturated carbocycles. The highest BCUT2D eigenvalue weighted by Crippen LogP contribution is 2.42. The van der Waals surface area contributed by atoms with Gasteiger partial charge >= 0.3 is 0 Å². The number of pyridine rings is 1. The molecule has 2 atom stereocenters. The summed E-state index contributed by atoms with van der Waals surface area (Å²) >= 11 is 0. The van der Waals surface area contributed by atoms with Crippen LogP contribution in [0.4, 0.5) is 0 Å². The number of amides is 1. The van der Waals surface area contributed by atoms with E-state index in [9.17, 15) is 9.90 Å². The van der Waals surface area contributed by atoms with E-state index in [1.807, 2.05) is 21.6 Å². The Morgan fingerprint density at radius 2 is 2.26 bits per heavy atom. The van der Waals surface area contributed by atoms with Crippen molar-refractivity contribution in [3.8, 4) is 0 Å². The molecule has 144 valence electrons. The molecule has 2 aromatic rings. The first-order valence-corrected chi connectivity index (χ1v) is 9.50. The number of likely N-dealkylation sites (tertiary alicyclic amines) is 2. The summed E-state index contributed by atoms with van der Waals surface area (Å²) in [4.78, 5) is 21.0. The largest absolute Gasteiger partial charge is 0.396 e. The Kier molecular flexibility index (Phi) is 4.92. The van der Waals surface area contributed by atoms with E-state index in [2.05, 4.69) is 27.0 Å². The second-order valence-electron chi connectivity index (χ2n) is 7.73. The Hall–Kier alpha value is -2.32. The quantitative estimate of drug-likeness (QED) is 0.781. The summed E-state index contributed by atoms with van der Waals surface area (Å²) in [6.45, 7) is 6.73. The number of nitrogens with zero attached hydrogens (tertiary/aromatic N) is 6. The van der Waals surface area contributed by atoms with Crippen molar-refractivity contribution in [2.75, 3.05) is 32.8 Å². The molecular formula is C19H26N6O2. The Morgan fingerprint density at radius 1 is 1.37 bits per heavy atom. The number of rotatable bonds is 6. The molecule has 0 aliphatic carbocycles. The topological polar surface area (TPSA) is 87.4 Å². The minimum atomic E-state index is -0.234. The number of aryl methyl sites for hydroxylation is 1. The summed E-state index contributed by atoms with van der Waals surface area (Å²) in [7, 11) is 0. The SMILES string of the molecule is CCn1cnnc1CN1CC2CN(C(=O)Cc3cccnc3)CC2(CO)C1. The Bertz CT molecular complexity index is 795. The maximum atomic E-state index is 12.7. The van der Waals surface area contributed by atoms with Crippen LogP contribution in [0, 0.1) is 11.3 Å². The van der Waals surface area contributed by atoms with Crippen molar-refractivity contribution in [2.24, 2.45) is 11.3 Å². The smallest absolute Gasteiger partial charge is 0.227 e. The standard InChI is InChI=1S/C19H26N6O2/c1-2-24-14-21-22-17(24)10-23-8-16-9-25(12-19(16,11-23)13-26)18(27)6-15-4-3-5-20-7-15/h3-5,7,14,16,26H,2,6,8-13H2,1H3. The second-order valence-corrected chi connectivity index (χ2v) is 7.73. The third-order valence-electron chi connectivity index (χ3n) is 5.98. The number of carbonyl (C=O) groups is 1. The van der Waals surface area contributed by atoms with E-state index >= 15 is 0 Å². The van der Waals surface area contributed by atoms with Gasteiger partial charge in [-0.3, -0.25) is 14.7 Å². The molecule has 0 radical (unpaired) electrons. The van der Waals surface area contributed by atoms with Gasteiger partial charge in [-0.15, -0.1) is 10.2 Å². The van der Waals surface area contributed by atoms with Crippen molar-refractivity contribution in [1.29, 1.82) is 0 Å². The van der Waals surface area contributed by atoms with E-state index in [1.54, 1.807) is 18.7 Å². The zero-order valence-corrected chi connectivity index (χ0v) is 15.7. The fourth-order valence-electron chi connectivity index (χ4n) is 4.48. The molecule has 2 aliphatic heterocycles. The molecule has 4 rings (SSSR count). The molecule has 2 aliphatic rings. The van der Waals surface area contributed by atoms with E-state index in [0.717, 1.165) is 37.6 Å². The predicted molar refractivity (Wildman–Crippen MR) is 98.5 cm³/mol. The van der Waals surface area contributed by atoms with E-state index in [-0.39, 0.29) is 17.9 Å². The monoisotopic (exact) mass is 370 g/mol. The van der Waals surface area contributed by atoms with Crippen LogP contribution < -0.4 is 0 Å². The lowest BCUT2D eigenvalue weighted by molar-refractivity contribution is -0.130. The highest BCUT2D eigenvalue weighted by atomic mass is 16.3. The number of hydrogen-bond donors (Lipinski definition) is 1. The Balaban J connectivity index is 1.40. The summed E-state index contributed by atoms with van der Waals surface area (Å²) in [5, 5.41) is 18.4. The predicted octanol–water partition coefficient (Wildman–Crippen LogP) is 0.188. The fraction of sp³-hybridized carbons (Fsp3) is 0.579. The van der Waals surface area contributed by atoms with Gasteiger partial charge in [-0.25, -0.2) is 0 Å². The zero-order chi connectivity index (χ0) is 18.9. The van der Waals surface area contributed by atoms with Crippen LogP contribution in [-0.2, 0) is 24.3 Å². The fourth-order valence-corrected chi connectivity index (χ4v) is 4.48. The molecule has 1 amide bonds. The van der Waals surface area contributed by atoms with Gasteiger partial charge in [-0.2, -0.15) is 0 Å². The van der Waals surface area contributed by atoms with Crippen LogP contribution in [0.1, 0.15) is 18.3 Å². The first-order valence-electron chi connectivity index (χ1n) is 9.50. The van der Waals surface area contributed by atoms with Gasteiger partial charge < -0.3 is 14.6 Å². The van der Waals surface area contributed by atoms with Gasteiger partial charge in [-0.05, 0) is 24.5 Å². The number of hydrogen-bond acceptors (Lipinski definition) is 6. The van der Waals surface area contributed by atoms with E-state index in [4.69, 9.17) is 0 Å². The van der Waals surface area contributed by atoms with Crippen molar-refractivity contribution in [3.63, 3.8) is 0 Å². The first-order chi connectivity index (χ1) is 13.1. The normalized spacial score (nSPS) is 25.1. The molecule has 2 saturated heterocycles. The highest BCUT2D eigenvalue weighted by molar-refractivity contribution is 5.79. The lowest BCUT2D eigenvalue weighted by Gasteiger charge is -2.27. The molecule has 8 heteroatoms. The number of aromatic nitrogens is 4. The summed E-state index contributed by atoms with van der Waals surface area (Å²) in [5.74, 6) is 1.36. The molecule has 2 aromatic heterocycles. The van der Waals surface area contributed by atoms with Gasteiger partial charge in [0.05, 0.1) is 19.6 Å². The van der Waals surface area contributed by atoms with Crippen LogP contribution in [-0.4, -0.2) is 73.3 Å². The van der Waals surface area contributed by atoms with Crippen LogP contribution in [0.3, 0.4) is 0 Å². The minimum absolute atomic E-state index is 0.102. The lowest BCUT2D eigenvalue weighted by atomic mass is 9.82. The molecule has 2 unspecified atom stereocenters. The van der Waals surface area contributed by atoms with E-state index < -0.39 is 0 Å². The number of aliphatic hydroxyl groups is 1. The number of fused-ring (bicyclic) bond motifs is 1.